The minimum atomic E-state index is -2.93. The maximum Gasteiger partial charge on any atom is 0.387 e. The smallest absolute Gasteiger partial charge is 0.387 e. The number of hydrogen-bond donors (Lipinski definition) is 1. The SMILES string of the molecule is Cc1cccc(NC(=O)CON=Cc2ccccc2OC(F)F)c1C. The fourth-order valence-electron chi connectivity index (χ4n) is 2.05. The third kappa shape index (κ3) is 5.56. The van der Waals surface area contributed by atoms with Gasteiger partial charge in [0.15, 0.2) is 6.61 Å². The van der Waals surface area contributed by atoms with E-state index in [1.807, 2.05) is 26.0 Å². The third-order valence-electron chi connectivity index (χ3n) is 3.48. The number of nitrogens with one attached hydrogen (secondary N) is 1. The molecule has 0 atom stereocenters. The van der Waals surface area contributed by atoms with Gasteiger partial charge in [0.1, 0.15) is 5.75 Å². The van der Waals surface area contributed by atoms with Gasteiger partial charge in [0.05, 0.1) is 6.21 Å². The molecule has 0 fully saturated rings. The minimum absolute atomic E-state index is 0.0234. The number of aryl methyl sites for hydroxylation is 1. The molecule has 0 aliphatic heterocycles. The number of halogens is 2. The molecule has 0 heterocycles. The molecule has 0 unspecified atom stereocenters. The number of anilines is 1. The molecule has 0 spiro atoms. The zero-order valence-electron chi connectivity index (χ0n) is 13.8. The van der Waals surface area contributed by atoms with Crippen LogP contribution in [0.15, 0.2) is 47.6 Å². The summed E-state index contributed by atoms with van der Waals surface area (Å²) in [6.07, 6.45) is 1.21. The number of alkyl halides is 2. The van der Waals surface area contributed by atoms with Gasteiger partial charge in [-0.3, -0.25) is 4.79 Å². The summed E-state index contributed by atoms with van der Waals surface area (Å²) in [5, 5.41) is 6.35. The summed E-state index contributed by atoms with van der Waals surface area (Å²) >= 11 is 0. The van der Waals surface area contributed by atoms with Crippen molar-refractivity contribution in [2.24, 2.45) is 5.16 Å². The number of ether oxygens (including phenoxy) is 1. The van der Waals surface area contributed by atoms with Crippen molar-refractivity contribution in [3.8, 4) is 5.75 Å². The number of nitrogens with zero attached hydrogens (tertiary/aromatic N) is 1. The molecule has 0 aliphatic carbocycles. The van der Waals surface area contributed by atoms with Crippen LogP contribution in [0.25, 0.3) is 0 Å². The van der Waals surface area contributed by atoms with Crippen LogP contribution in [-0.2, 0) is 9.63 Å². The number of benzene rings is 2. The summed E-state index contributed by atoms with van der Waals surface area (Å²) in [7, 11) is 0. The Morgan fingerprint density at radius 2 is 1.96 bits per heavy atom. The van der Waals surface area contributed by atoms with Gasteiger partial charge >= 0.3 is 6.61 Å². The number of para-hydroxylation sites is 1. The molecule has 2 aromatic carbocycles. The van der Waals surface area contributed by atoms with Crippen molar-refractivity contribution in [1.29, 1.82) is 0 Å². The second-order valence-electron chi connectivity index (χ2n) is 5.22. The molecule has 0 aromatic heterocycles. The Morgan fingerprint density at radius 1 is 1.20 bits per heavy atom. The van der Waals surface area contributed by atoms with Crippen molar-refractivity contribution < 1.29 is 23.1 Å². The molecule has 2 aromatic rings. The summed E-state index contributed by atoms with van der Waals surface area (Å²) < 4.78 is 29.0. The van der Waals surface area contributed by atoms with E-state index in [0.29, 0.717) is 11.3 Å². The largest absolute Gasteiger partial charge is 0.434 e. The molecule has 5 nitrogen and oxygen atoms in total. The van der Waals surface area contributed by atoms with Crippen molar-refractivity contribution in [3.63, 3.8) is 0 Å². The molecule has 0 radical (unpaired) electrons. The van der Waals surface area contributed by atoms with Crippen LogP contribution in [0.4, 0.5) is 14.5 Å². The van der Waals surface area contributed by atoms with Gasteiger partial charge in [0.25, 0.3) is 5.91 Å². The summed E-state index contributed by atoms with van der Waals surface area (Å²) in [5.41, 5.74) is 3.05. The highest BCUT2D eigenvalue weighted by Crippen LogP contribution is 2.19. The molecule has 0 bridgehead atoms. The van der Waals surface area contributed by atoms with Gasteiger partial charge < -0.3 is 14.9 Å². The lowest BCUT2D eigenvalue weighted by Gasteiger charge is -2.09. The van der Waals surface area contributed by atoms with E-state index in [2.05, 4.69) is 15.2 Å². The summed E-state index contributed by atoms with van der Waals surface area (Å²) in [5.74, 6) is -0.396. The van der Waals surface area contributed by atoms with Crippen molar-refractivity contribution >= 4 is 17.8 Å². The van der Waals surface area contributed by atoms with E-state index >= 15 is 0 Å². The molecule has 0 aliphatic rings. The summed E-state index contributed by atoms with van der Waals surface area (Å²) in [6.45, 7) is 0.620. The highest BCUT2D eigenvalue weighted by molar-refractivity contribution is 5.92. The van der Waals surface area contributed by atoms with Crippen LogP contribution in [0.3, 0.4) is 0 Å². The Hall–Kier alpha value is -2.96. The molecule has 25 heavy (non-hydrogen) atoms. The van der Waals surface area contributed by atoms with E-state index in [0.717, 1.165) is 11.1 Å². The Morgan fingerprint density at radius 3 is 2.72 bits per heavy atom. The van der Waals surface area contributed by atoms with Crippen LogP contribution < -0.4 is 10.1 Å². The zero-order valence-corrected chi connectivity index (χ0v) is 13.8. The topological polar surface area (TPSA) is 59.9 Å². The van der Waals surface area contributed by atoms with Gasteiger partial charge in [-0.05, 0) is 43.2 Å². The fraction of sp³-hybridized carbons (Fsp3) is 0.222. The maximum atomic E-state index is 12.3. The van der Waals surface area contributed by atoms with Crippen molar-refractivity contribution in [1.82, 2.24) is 0 Å². The number of amides is 1. The maximum absolute atomic E-state index is 12.3. The number of carbonyl (C=O) groups is 1. The molecule has 2 rings (SSSR count). The second-order valence-corrected chi connectivity index (χ2v) is 5.22. The average Bonchev–Trinajstić information content (AvgIpc) is 2.57. The molecule has 1 amide bonds. The van der Waals surface area contributed by atoms with Gasteiger partial charge in [-0.25, -0.2) is 0 Å². The second kappa shape index (κ2) is 8.77. The van der Waals surface area contributed by atoms with E-state index in [4.69, 9.17) is 4.84 Å². The minimum Gasteiger partial charge on any atom is -0.434 e. The molecule has 0 saturated heterocycles. The Bertz CT molecular complexity index is 764. The van der Waals surface area contributed by atoms with Gasteiger partial charge in [0, 0.05) is 11.3 Å². The van der Waals surface area contributed by atoms with Crippen molar-refractivity contribution in [2.45, 2.75) is 20.5 Å². The first-order valence-corrected chi connectivity index (χ1v) is 7.52. The quantitative estimate of drug-likeness (QED) is 0.610. The van der Waals surface area contributed by atoms with Crippen LogP contribution in [0.1, 0.15) is 16.7 Å². The number of carbonyl (C=O) groups excluding carboxylic acids is 1. The first-order valence-electron chi connectivity index (χ1n) is 7.52. The average molecular weight is 348 g/mol. The van der Waals surface area contributed by atoms with E-state index in [-0.39, 0.29) is 18.3 Å². The zero-order chi connectivity index (χ0) is 18.2. The van der Waals surface area contributed by atoms with Gasteiger partial charge in [-0.2, -0.15) is 8.78 Å². The van der Waals surface area contributed by atoms with Crippen LogP contribution in [-0.4, -0.2) is 25.3 Å². The van der Waals surface area contributed by atoms with Crippen molar-refractivity contribution in [3.05, 3.63) is 59.2 Å². The lowest BCUT2D eigenvalue weighted by Crippen LogP contribution is -2.17. The van der Waals surface area contributed by atoms with E-state index in [1.165, 1.54) is 12.3 Å². The lowest BCUT2D eigenvalue weighted by molar-refractivity contribution is -0.120. The molecular formula is C18H18F2N2O3. The number of hydrogen-bond acceptors (Lipinski definition) is 4. The Labute approximate surface area is 144 Å². The molecule has 7 heteroatoms. The summed E-state index contributed by atoms with van der Waals surface area (Å²) in [4.78, 5) is 16.8. The van der Waals surface area contributed by atoms with Crippen LogP contribution in [0, 0.1) is 13.8 Å². The summed E-state index contributed by atoms with van der Waals surface area (Å²) in [6, 6.07) is 11.7. The monoisotopic (exact) mass is 348 g/mol. The molecule has 132 valence electrons. The number of rotatable bonds is 7. The predicted octanol–water partition coefficient (Wildman–Crippen LogP) is 3.89. The molecule has 0 saturated carbocycles. The fourth-order valence-corrected chi connectivity index (χ4v) is 2.05. The molecule has 1 N–H and O–H groups in total. The normalized spacial score (nSPS) is 10.9. The number of oxime groups is 1. The predicted molar refractivity (Wildman–Crippen MR) is 91.2 cm³/mol. The lowest BCUT2D eigenvalue weighted by atomic mass is 10.1. The van der Waals surface area contributed by atoms with Crippen LogP contribution in [0.5, 0.6) is 5.75 Å². The Kier molecular flexibility index (Phi) is 6.45. The van der Waals surface area contributed by atoms with Crippen molar-refractivity contribution in [2.75, 3.05) is 11.9 Å². The van der Waals surface area contributed by atoms with Crippen LogP contribution >= 0.6 is 0 Å². The van der Waals surface area contributed by atoms with Gasteiger partial charge in [-0.1, -0.05) is 29.4 Å². The third-order valence-corrected chi connectivity index (χ3v) is 3.48. The van der Waals surface area contributed by atoms with Crippen LogP contribution in [0.2, 0.25) is 0 Å². The van der Waals surface area contributed by atoms with E-state index in [1.54, 1.807) is 24.3 Å². The van der Waals surface area contributed by atoms with E-state index in [9.17, 15) is 13.6 Å². The van der Waals surface area contributed by atoms with Gasteiger partial charge in [0.2, 0.25) is 0 Å². The first kappa shape index (κ1) is 18.4. The highest BCUT2D eigenvalue weighted by Gasteiger charge is 2.08. The van der Waals surface area contributed by atoms with E-state index < -0.39 is 6.61 Å². The van der Waals surface area contributed by atoms with Gasteiger partial charge in [-0.15, -0.1) is 0 Å². The highest BCUT2D eigenvalue weighted by atomic mass is 19.3. The standard InChI is InChI=1S/C18H18F2N2O3/c1-12-6-5-8-15(13(12)2)22-17(23)11-24-21-10-14-7-3-4-9-16(14)25-18(19)20/h3-10,18H,11H2,1-2H3,(H,22,23). The Balaban J connectivity index is 1.89. The molecular weight excluding hydrogens is 330 g/mol. The first-order chi connectivity index (χ1) is 12.0.